The van der Waals surface area contributed by atoms with Crippen molar-refractivity contribution in [1.29, 1.82) is 0 Å². The maximum atomic E-state index is 12.3. The number of benzene rings is 2. The second kappa shape index (κ2) is 7.96. The molecule has 4 rings (SSSR count). The van der Waals surface area contributed by atoms with Crippen molar-refractivity contribution in [2.45, 2.75) is 6.92 Å². The molecule has 0 bridgehead atoms. The SMILES string of the molecule is Cc1cc(=O)oc2cc(OCC(=O)Nc3cc4c(cc3Br)OCCO4)c(Cl)cc12. The Kier molecular flexibility index (Phi) is 5.38. The summed E-state index contributed by atoms with van der Waals surface area (Å²) >= 11 is 9.65. The van der Waals surface area contributed by atoms with Crippen LogP contribution in [0.4, 0.5) is 5.69 Å². The van der Waals surface area contributed by atoms with Gasteiger partial charge < -0.3 is 23.9 Å². The fourth-order valence-corrected chi connectivity index (χ4v) is 3.56. The molecule has 0 unspecified atom stereocenters. The van der Waals surface area contributed by atoms with Crippen LogP contribution in [0.3, 0.4) is 0 Å². The average Bonchev–Trinajstić information content (AvgIpc) is 2.67. The normalized spacial score (nSPS) is 12.7. The molecule has 2 heterocycles. The van der Waals surface area contributed by atoms with Crippen LogP contribution in [0.5, 0.6) is 17.2 Å². The summed E-state index contributed by atoms with van der Waals surface area (Å²) in [5, 5.41) is 3.75. The molecule has 0 atom stereocenters. The molecule has 3 aromatic rings. The van der Waals surface area contributed by atoms with Crippen molar-refractivity contribution in [2.24, 2.45) is 0 Å². The van der Waals surface area contributed by atoms with Crippen LogP contribution in [0.15, 0.2) is 44.0 Å². The van der Waals surface area contributed by atoms with Crippen LogP contribution in [0, 0.1) is 6.92 Å². The van der Waals surface area contributed by atoms with E-state index in [4.69, 9.17) is 30.2 Å². The summed E-state index contributed by atoms with van der Waals surface area (Å²) in [7, 11) is 0. The molecule has 0 saturated heterocycles. The second-order valence-corrected chi connectivity index (χ2v) is 7.60. The number of fused-ring (bicyclic) bond motifs is 2. The number of halogens is 2. The van der Waals surface area contributed by atoms with Gasteiger partial charge in [-0.15, -0.1) is 0 Å². The molecule has 1 amide bonds. The lowest BCUT2D eigenvalue weighted by molar-refractivity contribution is -0.118. The summed E-state index contributed by atoms with van der Waals surface area (Å²) in [6, 6.07) is 7.93. The Balaban J connectivity index is 1.49. The fraction of sp³-hybridized carbons (Fsp3) is 0.200. The summed E-state index contributed by atoms with van der Waals surface area (Å²) in [6.07, 6.45) is 0. The van der Waals surface area contributed by atoms with Crippen molar-refractivity contribution < 1.29 is 23.4 Å². The van der Waals surface area contributed by atoms with E-state index in [2.05, 4.69) is 21.2 Å². The maximum absolute atomic E-state index is 12.3. The van der Waals surface area contributed by atoms with E-state index in [-0.39, 0.29) is 12.4 Å². The molecule has 1 aliphatic heterocycles. The third-order valence-corrected chi connectivity index (χ3v) is 5.22. The number of hydrogen-bond donors (Lipinski definition) is 1. The Morgan fingerprint density at radius 1 is 1.17 bits per heavy atom. The quantitative estimate of drug-likeness (QED) is 0.560. The van der Waals surface area contributed by atoms with Gasteiger partial charge in [0.05, 0.1) is 10.7 Å². The van der Waals surface area contributed by atoms with Gasteiger partial charge in [0.15, 0.2) is 18.1 Å². The van der Waals surface area contributed by atoms with Gasteiger partial charge in [0.1, 0.15) is 24.5 Å². The number of carbonyl (C=O) groups is 1. The van der Waals surface area contributed by atoms with Gasteiger partial charge in [0.2, 0.25) is 0 Å². The molecule has 29 heavy (non-hydrogen) atoms. The zero-order chi connectivity index (χ0) is 20.5. The largest absolute Gasteiger partial charge is 0.486 e. The van der Waals surface area contributed by atoms with E-state index in [0.717, 1.165) is 5.56 Å². The van der Waals surface area contributed by atoms with E-state index in [1.807, 2.05) is 0 Å². The lowest BCUT2D eigenvalue weighted by Crippen LogP contribution is -2.21. The van der Waals surface area contributed by atoms with Crippen LogP contribution in [0.25, 0.3) is 11.0 Å². The lowest BCUT2D eigenvalue weighted by Gasteiger charge is -2.20. The van der Waals surface area contributed by atoms with E-state index >= 15 is 0 Å². The zero-order valence-corrected chi connectivity index (χ0v) is 17.6. The van der Waals surface area contributed by atoms with Crippen molar-refractivity contribution in [1.82, 2.24) is 0 Å². The highest BCUT2D eigenvalue weighted by molar-refractivity contribution is 9.10. The molecule has 1 N–H and O–H groups in total. The highest BCUT2D eigenvalue weighted by Gasteiger charge is 2.17. The summed E-state index contributed by atoms with van der Waals surface area (Å²) in [6.45, 7) is 2.42. The molecule has 0 fully saturated rings. The molecule has 0 radical (unpaired) electrons. The molecule has 1 aromatic heterocycles. The van der Waals surface area contributed by atoms with Gasteiger partial charge in [-0.2, -0.15) is 0 Å². The van der Waals surface area contributed by atoms with Crippen molar-refractivity contribution >= 4 is 50.1 Å². The average molecular weight is 481 g/mol. The number of rotatable bonds is 4. The lowest BCUT2D eigenvalue weighted by atomic mass is 10.1. The molecule has 7 nitrogen and oxygen atoms in total. The molecule has 2 aromatic carbocycles. The predicted octanol–water partition coefficient (Wildman–Crippen LogP) is 4.31. The summed E-state index contributed by atoms with van der Waals surface area (Å²) in [4.78, 5) is 23.9. The molecule has 9 heteroatoms. The molecule has 0 saturated carbocycles. The summed E-state index contributed by atoms with van der Waals surface area (Å²) in [5.41, 5.74) is 1.13. The Hall–Kier alpha value is -2.71. The van der Waals surface area contributed by atoms with E-state index in [9.17, 15) is 9.59 Å². The number of aryl methyl sites for hydroxylation is 1. The highest BCUT2D eigenvalue weighted by Crippen LogP contribution is 2.38. The molecule has 0 spiro atoms. The standard InChI is InChI=1S/C20H15BrClNO6/c1-10-4-20(25)29-15-8-16(13(22)5-11(10)15)28-9-19(24)23-14-7-18-17(6-12(14)21)26-2-3-27-18/h4-8H,2-3,9H2,1H3,(H,23,24). The first-order chi connectivity index (χ1) is 13.9. The van der Waals surface area contributed by atoms with Gasteiger partial charge >= 0.3 is 5.63 Å². The maximum Gasteiger partial charge on any atom is 0.336 e. The van der Waals surface area contributed by atoms with E-state index < -0.39 is 11.5 Å². The number of hydrogen-bond acceptors (Lipinski definition) is 6. The van der Waals surface area contributed by atoms with Crippen molar-refractivity contribution in [3.05, 3.63) is 55.8 Å². The second-order valence-electron chi connectivity index (χ2n) is 6.34. The van der Waals surface area contributed by atoms with Crippen LogP contribution < -0.4 is 25.2 Å². The number of carbonyl (C=O) groups excluding carboxylic acids is 1. The Labute approximate surface area is 178 Å². The van der Waals surface area contributed by atoms with Crippen LogP contribution in [0.1, 0.15) is 5.56 Å². The highest BCUT2D eigenvalue weighted by atomic mass is 79.9. The van der Waals surface area contributed by atoms with Gasteiger partial charge in [0.25, 0.3) is 5.91 Å². The third kappa shape index (κ3) is 4.18. The fourth-order valence-electron chi connectivity index (χ4n) is 2.92. The molecular formula is C20H15BrClNO6. The van der Waals surface area contributed by atoms with Gasteiger partial charge in [0, 0.05) is 34.1 Å². The number of amides is 1. The minimum Gasteiger partial charge on any atom is -0.486 e. The van der Waals surface area contributed by atoms with Crippen molar-refractivity contribution in [3.63, 3.8) is 0 Å². The molecular weight excluding hydrogens is 466 g/mol. The van der Waals surface area contributed by atoms with Crippen LogP contribution in [-0.2, 0) is 4.79 Å². The zero-order valence-electron chi connectivity index (χ0n) is 15.2. The molecule has 0 aliphatic carbocycles. The molecule has 1 aliphatic rings. The van der Waals surface area contributed by atoms with Gasteiger partial charge in [-0.1, -0.05) is 11.6 Å². The Morgan fingerprint density at radius 3 is 2.66 bits per heavy atom. The topological polar surface area (TPSA) is 87.0 Å². The smallest absolute Gasteiger partial charge is 0.336 e. The van der Waals surface area contributed by atoms with Gasteiger partial charge in [-0.05, 0) is 34.5 Å². The number of nitrogens with one attached hydrogen (secondary N) is 1. The summed E-state index contributed by atoms with van der Waals surface area (Å²) < 4.78 is 22.4. The van der Waals surface area contributed by atoms with E-state index in [0.29, 0.717) is 50.9 Å². The third-order valence-electron chi connectivity index (χ3n) is 4.27. The minimum absolute atomic E-state index is 0.240. The van der Waals surface area contributed by atoms with Crippen molar-refractivity contribution in [2.75, 3.05) is 25.1 Å². The minimum atomic E-state index is -0.468. The first-order valence-corrected chi connectivity index (χ1v) is 9.83. The van der Waals surface area contributed by atoms with Crippen LogP contribution in [-0.4, -0.2) is 25.7 Å². The van der Waals surface area contributed by atoms with Crippen LogP contribution in [0.2, 0.25) is 5.02 Å². The number of anilines is 1. The van der Waals surface area contributed by atoms with Gasteiger partial charge in [-0.3, -0.25) is 4.79 Å². The first kappa shape index (κ1) is 19.6. The van der Waals surface area contributed by atoms with Gasteiger partial charge in [-0.25, -0.2) is 4.79 Å². The first-order valence-electron chi connectivity index (χ1n) is 8.66. The number of ether oxygens (including phenoxy) is 3. The Bertz CT molecular complexity index is 1180. The summed E-state index contributed by atoms with van der Waals surface area (Å²) in [5.74, 6) is 1.00. The van der Waals surface area contributed by atoms with Crippen LogP contribution >= 0.6 is 27.5 Å². The van der Waals surface area contributed by atoms with E-state index in [1.165, 1.54) is 12.1 Å². The van der Waals surface area contributed by atoms with Crippen molar-refractivity contribution in [3.8, 4) is 17.2 Å². The van der Waals surface area contributed by atoms with E-state index in [1.54, 1.807) is 25.1 Å². The molecule has 150 valence electrons. The monoisotopic (exact) mass is 479 g/mol. The Morgan fingerprint density at radius 2 is 1.90 bits per heavy atom. The predicted molar refractivity (Wildman–Crippen MR) is 111 cm³/mol.